The Morgan fingerprint density at radius 2 is 1.95 bits per heavy atom. The molecule has 2 bridgehead atoms. The number of benzene rings is 1. The second-order valence-corrected chi connectivity index (χ2v) is 7.18. The summed E-state index contributed by atoms with van der Waals surface area (Å²) in [6.07, 6.45) is 4.06. The Hall–Kier alpha value is -1.77. The zero-order chi connectivity index (χ0) is 16.0. The molecule has 2 aliphatic rings. The van der Waals surface area contributed by atoms with Gasteiger partial charge in [0.1, 0.15) is 5.75 Å². The largest absolute Gasteiger partial charge is 0.494 e. The Bertz CT molecular complexity index is 615. The molecule has 0 aromatic heterocycles. The minimum absolute atomic E-state index is 0.0659. The summed E-state index contributed by atoms with van der Waals surface area (Å²) >= 11 is 0. The lowest BCUT2D eigenvalue weighted by Gasteiger charge is -2.31. The molecule has 1 N–H and O–H groups in total. The summed E-state index contributed by atoms with van der Waals surface area (Å²) in [5.74, 6) is 1.57. The first kappa shape index (κ1) is 15.1. The van der Waals surface area contributed by atoms with Gasteiger partial charge in [0.05, 0.1) is 6.61 Å². The molecule has 0 aliphatic heterocycles. The average molecular weight is 299 g/mol. The van der Waals surface area contributed by atoms with Crippen molar-refractivity contribution >= 4 is 11.5 Å². The maximum atomic E-state index is 12.7. The Morgan fingerprint density at radius 1 is 1.27 bits per heavy atom. The van der Waals surface area contributed by atoms with Gasteiger partial charge in [-0.1, -0.05) is 20.8 Å². The molecule has 0 radical (unpaired) electrons. The Labute approximate surface area is 132 Å². The predicted molar refractivity (Wildman–Crippen MR) is 88.9 cm³/mol. The molecule has 2 fully saturated rings. The van der Waals surface area contributed by atoms with Gasteiger partial charge in [0.2, 0.25) is 0 Å². The normalized spacial score (nSPS) is 30.8. The highest BCUT2D eigenvalue weighted by Crippen LogP contribution is 2.65. The monoisotopic (exact) mass is 299 g/mol. The standard InChI is InChI=1S/C19H25NO2/c1-5-22-14-8-6-13(7-9-14)20-12-15-16-10-11-19(4,17(15)21)18(16,2)3/h6-9,12,16,20H,5,10-11H2,1-4H3/b15-12-/t16-,19-/m0/s1. The van der Waals surface area contributed by atoms with Crippen LogP contribution in [0.2, 0.25) is 0 Å². The second kappa shape index (κ2) is 5.15. The van der Waals surface area contributed by atoms with Crippen LogP contribution in [0.25, 0.3) is 0 Å². The molecular formula is C19H25NO2. The Balaban J connectivity index is 1.78. The fourth-order valence-electron chi connectivity index (χ4n) is 4.07. The number of rotatable bonds is 4. The first-order valence-electron chi connectivity index (χ1n) is 8.14. The highest BCUT2D eigenvalue weighted by atomic mass is 16.5. The number of carbonyl (C=O) groups is 1. The van der Waals surface area contributed by atoms with Crippen molar-refractivity contribution in [2.24, 2.45) is 16.7 Å². The average Bonchev–Trinajstić information content (AvgIpc) is 2.80. The summed E-state index contributed by atoms with van der Waals surface area (Å²) in [6, 6.07) is 7.84. The molecule has 0 saturated heterocycles. The van der Waals surface area contributed by atoms with Crippen molar-refractivity contribution in [3.63, 3.8) is 0 Å². The number of hydrogen-bond acceptors (Lipinski definition) is 3. The van der Waals surface area contributed by atoms with Crippen LogP contribution in [0, 0.1) is 16.7 Å². The SMILES string of the molecule is CCOc1ccc(N/C=C2\C(=O)[C@]3(C)CC[C@@H]2C3(C)C)cc1. The predicted octanol–water partition coefficient (Wildman–Crippen LogP) is 4.41. The number of allylic oxidation sites excluding steroid dienone is 1. The highest BCUT2D eigenvalue weighted by Gasteiger charge is 2.63. The number of hydrogen-bond donors (Lipinski definition) is 1. The molecule has 0 unspecified atom stereocenters. The number of ketones is 1. The summed E-state index contributed by atoms with van der Waals surface area (Å²) in [6.45, 7) is 9.24. The lowest BCUT2D eigenvalue weighted by atomic mass is 9.70. The summed E-state index contributed by atoms with van der Waals surface area (Å²) in [5.41, 5.74) is 1.82. The fourth-order valence-corrected chi connectivity index (χ4v) is 4.07. The van der Waals surface area contributed by atoms with Crippen molar-refractivity contribution in [3.05, 3.63) is 36.0 Å². The van der Waals surface area contributed by atoms with Gasteiger partial charge < -0.3 is 10.1 Å². The molecule has 2 saturated carbocycles. The van der Waals surface area contributed by atoms with E-state index < -0.39 is 0 Å². The zero-order valence-electron chi connectivity index (χ0n) is 13.9. The minimum Gasteiger partial charge on any atom is -0.494 e. The molecule has 3 nitrogen and oxygen atoms in total. The zero-order valence-corrected chi connectivity index (χ0v) is 13.9. The summed E-state index contributed by atoms with van der Waals surface area (Å²) < 4.78 is 5.44. The number of nitrogens with one attached hydrogen (secondary N) is 1. The molecule has 0 spiro atoms. The van der Waals surface area contributed by atoms with Crippen LogP contribution in [0.3, 0.4) is 0 Å². The van der Waals surface area contributed by atoms with Gasteiger partial charge in [0.25, 0.3) is 0 Å². The van der Waals surface area contributed by atoms with Crippen molar-refractivity contribution in [2.75, 3.05) is 11.9 Å². The van der Waals surface area contributed by atoms with Crippen LogP contribution < -0.4 is 10.1 Å². The number of Topliss-reactive ketones (excluding diaryl/α,β-unsaturated/α-hetero) is 1. The first-order chi connectivity index (χ1) is 10.4. The Kier molecular flexibility index (Phi) is 3.54. The maximum Gasteiger partial charge on any atom is 0.167 e. The summed E-state index contributed by atoms with van der Waals surface area (Å²) in [4.78, 5) is 12.7. The van der Waals surface area contributed by atoms with Crippen LogP contribution in [-0.2, 0) is 4.79 Å². The summed E-state index contributed by atoms with van der Waals surface area (Å²) in [5, 5.41) is 3.29. The van der Waals surface area contributed by atoms with Gasteiger partial charge in [-0.05, 0) is 55.4 Å². The van der Waals surface area contributed by atoms with Gasteiger partial charge in [-0.3, -0.25) is 4.79 Å². The van der Waals surface area contributed by atoms with E-state index in [1.165, 1.54) is 0 Å². The first-order valence-corrected chi connectivity index (χ1v) is 8.14. The third-order valence-electron chi connectivity index (χ3n) is 5.92. The third kappa shape index (κ3) is 2.06. The third-order valence-corrected chi connectivity index (χ3v) is 5.92. The minimum atomic E-state index is -0.190. The van der Waals surface area contributed by atoms with E-state index >= 15 is 0 Å². The van der Waals surface area contributed by atoms with Crippen molar-refractivity contribution in [1.82, 2.24) is 0 Å². The number of carbonyl (C=O) groups excluding carboxylic acids is 1. The van der Waals surface area contributed by atoms with Gasteiger partial charge in [0, 0.05) is 22.9 Å². The van der Waals surface area contributed by atoms with E-state index in [-0.39, 0.29) is 10.8 Å². The van der Waals surface area contributed by atoms with Gasteiger partial charge >= 0.3 is 0 Å². The molecule has 2 aliphatic carbocycles. The lowest BCUT2D eigenvalue weighted by molar-refractivity contribution is -0.125. The van der Waals surface area contributed by atoms with Crippen molar-refractivity contribution in [3.8, 4) is 5.75 Å². The molecule has 118 valence electrons. The molecule has 22 heavy (non-hydrogen) atoms. The van der Waals surface area contributed by atoms with E-state index in [2.05, 4.69) is 26.1 Å². The van der Waals surface area contributed by atoms with Crippen LogP contribution in [0.1, 0.15) is 40.5 Å². The quantitative estimate of drug-likeness (QED) is 0.837. The van der Waals surface area contributed by atoms with Crippen LogP contribution in [-0.4, -0.2) is 12.4 Å². The van der Waals surface area contributed by atoms with E-state index in [0.717, 1.165) is 29.9 Å². The van der Waals surface area contributed by atoms with E-state index in [1.54, 1.807) is 0 Å². The van der Waals surface area contributed by atoms with E-state index in [0.29, 0.717) is 18.3 Å². The molecule has 0 amide bonds. The van der Waals surface area contributed by atoms with Crippen LogP contribution in [0.15, 0.2) is 36.0 Å². The van der Waals surface area contributed by atoms with Crippen molar-refractivity contribution < 1.29 is 9.53 Å². The maximum absolute atomic E-state index is 12.7. The summed E-state index contributed by atoms with van der Waals surface area (Å²) in [7, 11) is 0. The molecule has 2 atom stereocenters. The molecular weight excluding hydrogens is 274 g/mol. The molecule has 3 heteroatoms. The van der Waals surface area contributed by atoms with E-state index in [4.69, 9.17) is 4.74 Å². The number of ether oxygens (including phenoxy) is 1. The highest BCUT2D eigenvalue weighted by molar-refractivity contribution is 6.04. The lowest BCUT2D eigenvalue weighted by Crippen LogP contribution is -2.32. The van der Waals surface area contributed by atoms with Gasteiger partial charge in [-0.2, -0.15) is 0 Å². The van der Waals surface area contributed by atoms with E-state index in [1.807, 2.05) is 37.4 Å². The van der Waals surface area contributed by atoms with Crippen LogP contribution >= 0.6 is 0 Å². The molecule has 1 aromatic carbocycles. The van der Waals surface area contributed by atoms with Crippen LogP contribution in [0.4, 0.5) is 5.69 Å². The smallest absolute Gasteiger partial charge is 0.167 e. The van der Waals surface area contributed by atoms with E-state index in [9.17, 15) is 4.79 Å². The van der Waals surface area contributed by atoms with Crippen LogP contribution in [0.5, 0.6) is 5.75 Å². The number of anilines is 1. The second-order valence-electron chi connectivity index (χ2n) is 7.18. The molecule has 0 heterocycles. The Morgan fingerprint density at radius 3 is 2.50 bits per heavy atom. The molecule has 3 rings (SSSR count). The van der Waals surface area contributed by atoms with Gasteiger partial charge in [0.15, 0.2) is 5.78 Å². The number of fused-ring (bicyclic) bond motifs is 2. The molecule has 1 aromatic rings. The van der Waals surface area contributed by atoms with Crippen molar-refractivity contribution in [1.29, 1.82) is 0 Å². The van der Waals surface area contributed by atoms with Gasteiger partial charge in [-0.25, -0.2) is 0 Å². The van der Waals surface area contributed by atoms with Crippen molar-refractivity contribution in [2.45, 2.75) is 40.5 Å². The van der Waals surface area contributed by atoms with Gasteiger partial charge in [-0.15, -0.1) is 0 Å². The topological polar surface area (TPSA) is 38.3 Å². The fraction of sp³-hybridized carbons (Fsp3) is 0.526.